The van der Waals surface area contributed by atoms with Crippen LogP contribution >= 0.6 is 0 Å². The zero-order valence-electron chi connectivity index (χ0n) is 14.2. The highest BCUT2D eigenvalue weighted by Crippen LogP contribution is 2.36. The summed E-state index contributed by atoms with van der Waals surface area (Å²) in [7, 11) is 3.70. The van der Waals surface area contributed by atoms with Gasteiger partial charge in [-0.25, -0.2) is 4.98 Å². The van der Waals surface area contributed by atoms with Crippen molar-refractivity contribution >= 4 is 16.7 Å². The molecular weight excluding hydrogens is 302 g/mol. The molecule has 24 heavy (non-hydrogen) atoms. The van der Waals surface area contributed by atoms with Crippen LogP contribution in [0.3, 0.4) is 0 Å². The number of fused-ring (bicyclic) bond motifs is 3. The van der Waals surface area contributed by atoms with E-state index in [1.807, 2.05) is 32.2 Å². The van der Waals surface area contributed by atoms with E-state index in [1.165, 1.54) is 0 Å². The maximum Gasteiger partial charge on any atom is 0.168 e. The number of aryl methyl sites for hydroxylation is 2. The van der Waals surface area contributed by atoms with Gasteiger partial charge in [-0.3, -0.25) is 4.79 Å². The highest BCUT2D eigenvalue weighted by Gasteiger charge is 2.32. The minimum Gasteiger partial charge on any atom is -0.497 e. The Morgan fingerprint density at radius 1 is 1.42 bits per heavy atom. The third-order valence-corrected chi connectivity index (χ3v) is 5.25. The van der Waals surface area contributed by atoms with Gasteiger partial charge in [-0.1, -0.05) is 0 Å². The van der Waals surface area contributed by atoms with Crippen LogP contribution in [0.4, 0.5) is 0 Å². The number of aromatic amines is 1. The van der Waals surface area contributed by atoms with Crippen molar-refractivity contribution in [1.82, 2.24) is 14.5 Å². The lowest BCUT2D eigenvalue weighted by Gasteiger charge is -2.21. The number of H-pyrrole nitrogens is 1. The molecule has 0 bridgehead atoms. The van der Waals surface area contributed by atoms with Crippen LogP contribution in [-0.2, 0) is 19.9 Å². The van der Waals surface area contributed by atoms with Gasteiger partial charge in [-0.15, -0.1) is 0 Å². The monoisotopic (exact) mass is 323 g/mol. The van der Waals surface area contributed by atoms with E-state index in [9.17, 15) is 4.79 Å². The molecule has 5 heteroatoms. The molecule has 1 unspecified atom stereocenters. The summed E-state index contributed by atoms with van der Waals surface area (Å²) >= 11 is 0. The molecule has 124 valence electrons. The van der Waals surface area contributed by atoms with Gasteiger partial charge >= 0.3 is 0 Å². The topological polar surface area (TPSA) is 59.9 Å². The number of ether oxygens (including phenoxy) is 1. The van der Waals surface area contributed by atoms with Gasteiger partial charge in [0, 0.05) is 47.2 Å². The molecule has 0 radical (unpaired) electrons. The zero-order valence-corrected chi connectivity index (χ0v) is 14.2. The molecule has 0 fully saturated rings. The summed E-state index contributed by atoms with van der Waals surface area (Å²) in [6, 6.07) is 5.96. The first-order chi connectivity index (χ1) is 11.6. The summed E-state index contributed by atoms with van der Waals surface area (Å²) in [6.45, 7) is 2.00. The molecule has 1 N–H and O–H groups in total. The van der Waals surface area contributed by atoms with Gasteiger partial charge in [0.2, 0.25) is 0 Å². The number of hydrogen-bond donors (Lipinski definition) is 1. The van der Waals surface area contributed by atoms with Crippen LogP contribution in [0.5, 0.6) is 5.75 Å². The third-order valence-electron chi connectivity index (χ3n) is 5.25. The number of imidazole rings is 1. The van der Waals surface area contributed by atoms with E-state index in [2.05, 4.69) is 14.5 Å². The number of Topliss-reactive ketones (excluding diaryl/α,β-unsaturated/α-hetero) is 1. The standard InChI is InChI=1S/C19H21N3O2/c1-11-15(21-10-20-11)8-12-4-6-17-18(19(12)23)14-9-13(24-3)5-7-16(14)22(17)2/h5,7,9-10,12H,4,6,8H2,1-3H3,(H,20,21). The second-order valence-corrected chi connectivity index (χ2v) is 6.54. The zero-order chi connectivity index (χ0) is 16.8. The van der Waals surface area contributed by atoms with Gasteiger partial charge in [0.05, 0.1) is 19.1 Å². The number of benzene rings is 1. The van der Waals surface area contributed by atoms with E-state index in [1.54, 1.807) is 13.4 Å². The molecule has 1 aliphatic rings. The maximum absolute atomic E-state index is 13.2. The second-order valence-electron chi connectivity index (χ2n) is 6.54. The average Bonchev–Trinajstić information content (AvgIpc) is 3.12. The van der Waals surface area contributed by atoms with Crippen molar-refractivity contribution in [3.05, 3.63) is 47.2 Å². The van der Waals surface area contributed by atoms with Crippen molar-refractivity contribution < 1.29 is 9.53 Å². The molecule has 4 rings (SSSR count). The summed E-state index contributed by atoms with van der Waals surface area (Å²) in [5, 5.41) is 1.00. The predicted octanol–water partition coefficient (Wildman–Crippen LogP) is 3.21. The van der Waals surface area contributed by atoms with Crippen LogP contribution in [0.25, 0.3) is 10.9 Å². The highest BCUT2D eigenvalue weighted by atomic mass is 16.5. The van der Waals surface area contributed by atoms with E-state index < -0.39 is 0 Å². The van der Waals surface area contributed by atoms with E-state index in [-0.39, 0.29) is 11.7 Å². The molecule has 1 atom stereocenters. The lowest BCUT2D eigenvalue weighted by atomic mass is 9.82. The van der Waals surface area contributed by atoms with Gasteiger partial charge < -0.3 is 14.3 Å². The lowest BCUT2D eigenvalue weighted by Crippen LogP contribution is -2.25. The number of nitrogens with zero attached hydrogens (tertiary/aromatic N) is 2. The molecule has 2 aromatic heterocycles. The number of nitrogens with one attached hydrogen (secondary N) is 1. The number of carbonyl (C=O) groups is 1. The molecule has 5 nitrogen and oxygen atoms in total. The number of carbonyl (C=O) groups excluding carboxylic acids is 1. The SMILES string of the molecule is COc1ccc2c(c1)c1c(n2C)CCC(Cc2nc[nH]c2C)C1=O. The van der Waals surface area contributed by atoms with E-state index in [0.29, 0.717) is 6.42 Å². The maximum atomic E-state index is 13.2. The van der Waals surface area contributed by atoms with Crippen LogP contribution in [-0.4, -0.2) is 27.4 Å². The molecule has 0 saturated carbocycles. The quantitative estimate of drug-likeness (QED) is 0.805. The van der Waals surface area contributed by atoms with Gasteiger partial charge in [0.15, 0.2) is 5.78 Å². The Morgan fingerprint density at radius 3 is 2.96 bits per heavy atom. The number of rotatable bonds is 3. The molecule has 3 aromatic rings. The number of hydrogen-bond acceptors (Lipinski definition) is 3. The fourth-order valence-corrected chi connectivity index (χ4v) is 3.84. The van der Waals surface area contributed by atoms with Crippen molar-refractivity contribution in [1.29, 1.82) is 0 Å². The first-order valence-electron chi connectivity index (χ1n) is 8.28. The molecule has 0 amide bonds. The molecule has 0 aliphatic heterocycles. The third kappa shape index (κ3) is 2.15. The van der Waals surface area contributed by atoms with Gasteiger partial charge in [-0.05, 0) is 38.0 Å². The van der Waals surface area contributed by atoms with Crippen molar-refractivity contribution in [2.24, 2.45) is 13.0 Å². The molecule has 0 spiro atoms. The van der Waals surface area contributed by atoms with Crippen LogP contribution in [0.2, 0.25) is 0 Å². The summed E-state index contributed by atoms with van der Waals surface area (Å²) in [4.78, 5) is 20.6. The summed E-state index contributed by atoms with van der Waals surface area (Å²) in [5.74, 6) is 1.02. The van der Waals surface area contributed by atoms with Crippen molar-refractivity contribution in [2.45, 2.75) is 26.2 Å². The van der Waals surface area contributed by atoms with Crippen molar-refractivity contribution in [3.63, 3.8) is 0 Å². The van der Waals surface area contributed by atoms with Crippen molar-refractivity contribution in [3.8, 4) is 5.75 Å². The fraction of sp³-hybridized carbons (Fsp3) is 0.368. The van der Waals surface area contributed by atoms with Gasteiger partial charge in [0.25, 0.3) is 0 Å². The Kier molecular flexibility index (Phi) is 3.44. The number of methoxy groups -OCH3 is 1. The van der Waals surface area contributed by atoms with Crippen LogP contribution in [0.15, 0.2) is 24.5 Å². The Labute approximate surface area is 140 Å². The van der Waals surface area contributed by atoms with E-state index >= 15 is 0 Å². The minimum atomic E-state index is -0.00342. The van der Waals surface area contributed by atoms with E-state index in [4.69, 9.17) is 4.74 Å². The normalized spacial score (nSPS) is 17.3. The summed E-state index contributed by atoms with van der Waals surface area (Å²) < 4.78 is 7.50. The fourth-order valence-electron chi connectivity index (χ4n) is 3.84. The van der Waals surface area contributed by atoms with Crippen LogP contribution in [0, 0.1) is 12.8 Å². The Morgan fingerprint density at radius 2 is 2.25 bits per heavy atom. The molecule has 1 aromatic carbocycles. The lowest BCUT2D eigenvalue weighted by molar-refractivity contribution is 0.0901. The molecule has 2 heterocycles. The van der Waals surface area contributed by atoms with Crippen molar-refractivity contribution in [2.75, 3.05) is 7.11 Å². The molecular formula is C19H21N3O2. The second kappa shape index (κ2) is 5.51. The summed E-state index contributed by atoms with van der Waals surface area (Å²) in [6.07, 6.45) is 4.20. The first kappa shape index (κ1) is 15.0. The smallest absolute Gasteiger partial charge is 0.168 e. The van der Waals surface area contributed by atoms with Crippen LogP contribution < -0.4 is 4.74 Å². The first-order valence-corrected chi connectivity index (χ1v) is 8.28. The largest absolute Gasteiger partial charge is 0.497 e. The molecule has 1 aliphatic carbocycles. The van der Waals surface area contributed by atoms with E-state index in [0.717, 1.165) is 52.1 Å². The number of ketones is 1. The van der Waals surface area contributed by atoms with Crippen LogP contribution in [0.1, 0.15) is 33.9 Å². The van der Waals surface area contributed by atoms with Gasteiger partial charge in [0.1, 0.15) is 5.75 Å². The Bertz CT molecular complexity index is 936. The molecule has 0 saturated heterocycles. The Hall–Kier alpha value is -2.56. The predicted molar refractivity (Wildman–Crippen MR) is 92.6 cm³/mol. The number of aromatic nitrogens is 3. The van der Waals surface area contributed by atoms with Gasteiger partial charge in [-0.2, -0.15) is 0 Å². The minimum absolute atomic E-state index is 0.00342. The Balaban J connectivity index is 1.78. The average molecular weight is 323 g/mol. The summed E-state index contributed by atoms with van der Waals surface area (Å²) in [5.41, 5.74) is 5.14. The highest BCUT2D eigenvalue weighted by molar-refractivity contribution is 6.11.